The summed E-state index contributed by atoms with van der Waals surface area (Å²) in [6.45, 7) is 0. The lowest BCUT2D eigenvalue weighted by molar-refractivity contribution is 0.187. The van der Waals surface area contributed by atoms with E-state index in [1.807, 2.05) is 0 Å². The fourth-order valence-electron chi connectivity index (χ4n) is 0.625. The number of alkyl halides is 3. The maximum absolute atomic E-state index is 12.3. The Hall–Kier alpha value is -0.840. The Kier molecular flexibility index (Phi) is 2.75. The van der Waals surface area contributed by atoms with Crippen LogP contribution in [0.5, 0.6) is 0 Å². The van der Waals surface area contributed by atoms with Crippen LogP contribution in [0.4, 0.5) is 8.78 Å². The molecule has 0 aliphatic rings. The molecule has 0 saturated carbocycles. The average Bonchev–Trinajstić information content (AvgIpc) is 2.48. The van der Waals surface area contributed by atoms with Gasteiger partial charge in [0, 0.05) is 11.6 Å². The van der Waals surface area contributed by atoms with E-state index in [0.717, 1.165) is 6.20 Å². The molecule has 1 N–H and O–H groups in total. The summed E-state index contributed by atoms with van der Waals surface area (Å²) in [5.74, 6) is 0. The fraction of sp³-hybridized carbons (Fsp3) is 0.200. The van der Waals surface area contributed by atoms with Crippen molar-refractivity contribution in [2.45, 2.75) is 9.61 Å². The van der Waals surface area contributed by atoms with Gasteiger partial charge < -0.3 is 4.55 Å². The number of nitrogens with zero attached hydrogens (tertiary/aromatic N) is 2. The molecule has 8 heteroatoms. The summed E-state index contributed by atoms with van der Waals surface area (Å²) in [5.41, 5.74) is -0.348. The van der Waals surface area contributed by atoms with Crippen molar-refractivity contribution in [3.05, 3.63) is 11.9 Å². The van der Waals surface area contributed by atoms with E-state index >= 15 is 0 Å². The lowest BCUT2D eigenvalue weighted by Crippen LogP contribution is -2.22. The molecule has 70 valence electrons. The second-order valence-corrected chi connectivity index (χ2v) is 4.11. The van der Waals surface area contributed by atoms with Crippen LogP contribution in [0.25, 0.3) is 0 Å². The maximum atomic E-state index is 12.3. The van der Waals surface area contributed by atoms with Crippen LogP contribution in [0.1, 0.15) is 5.69 Å². The number of halogens is 3. The molecule has 0 spiro atoms. The van der Waals surface area contributed by atoms with Crippen molar-refractivity contribution in [3.63, 3.8) is 0 Å². The summed E-state index contributed by atoms with van der Waals surface area (Å²) in [6.07, 6.45) is 0.949. The smallest absolute Gasteiger partial charge is 0.497 e. The molecular weight excluding hydrogens is 224 g/mol. The Morgan fingerprint density at radius 2 is 2.38 bits per heavy atom. The van der Waals surface area contributed by atoms with Gasteiger partial charge in [-0.1, -0.05) is 0 Å². The molecule has 13 heavy (non-hydrogen) atoms. The predicted octanol–water partition coefficient (Wildman–Crippen LogP) is 1.18. The van der Waals surface area contributed by atoms with E-state index in [1.165, 1.54) is 6.07 Å². The molecule has 1 atom stereocenters. The first kappa shape index (κ1) is 10.2. The van der Waals surface area contributed by atoms with Gasteiger partial charge >= 0.3 is 4.71 Å². The molecule has 0 amide bonds. The van der Waals surface area contributed by atoms with E-state index in [-0.39, 0.29) is 5.69 Å². The van der Waals surface area contributed by atoms with Gasteiger partial charge in [-0.15, -0.1) is 8.78 Å². The molecule has 1 aromatic rings. The van der Waals surface area contributed by atoms with Crippen molar-refractivity contribution in [2.75, 3.05) is 0 Å². The number of nitrogens with one attached hydrogen (secondary N) is 1. The van der Waals surface area contributed by atoms with Crippen molar-refractivity contribution < 1.29 is 13.3 Å². The van der Waals surface area contributed by atoms with Crippen molar-refractivity contribution in [1.82, 2.24) is 10.2 Å². The molecule has 0 aromatic carbocycles. The maximum Gasteiger partial charge on any atom is 0.497 e. The fourth-order valence-corrected chi connectivity index (χ4v) is 1.55. The standard InChI is InChI=1S/C5H2ClF2N3OS/c6-5(7,8)13(12)4-2-10-11-3(4)1-9/h2H,(H,10,11). The van der Waals surface area contributed by atoms with E-state index in [2.05, 4.69) is 21.8 Å². The van der Waals surface area contributed by atoms with Crippen LogP contribution >= 0.6 is 11.6 Å². The highest BCUT2D eigenvalue weighted by atomic mass is 35.5. The number of nitriles is 1. The summed E-state index contributed by atoms with van der Waals surface area (Å²) >= 11 is 1.75. The van der Waals surface area contributed by atoms with E-state index in [1.54, 1.807) is 0 Å². The van der Waals surface area contributed by atoms with Gasteiger partial charge in [0.05, 0.1) is 17.4 Å². The average molecular weight is 226 g/mol. The van der Waals surface area contributed by atoms with Gasteiger partial charge in [0.25, 0.3) is 0 Å². The Balaban J connectivity index is 3.03. The first-order chi connectivity index (χ1) is 5.96. The predicted molar refractivity (Wildman–Crippen MR) is 40.5 cm³/mol. The SMILES string of the molecule is N#Cc1n[nH]cc1[S+]([O-])C(F)(F)Cl. The minimum atomic E-state index is -3.89. The van der Waals surface area contributed by atoms with E-state index in [9.17, 15) is 13.3 Å². The molecule has 1 rings (SSSR count). The first-order valence-electron chi connectivity index (χ1n) is 2.89. The van der Waals surface area contributed by atoms with Crippen LogP contribution in [0.2, 0.25) is 0 Å². The molecule has 0 aliphatic heterocycles. The van der Waals surface area contributed by atoms with E-state index in [0.29, 0.717) is 0 Å². The lowest BCUT2D eigenvalue weighted by atomic mass is 10.5. The van der Waals surface area contributed by atoms with Crippen LogP contribution in [0.3, 0.4) is 0 Å². The normalized spacial score (nSPS) is 13.8. The lowest BCUT2D eigenvalue weighted by Gasteiger charge is -2.11. The van der Waals surface area contributed by atoms with Gasteiger partial charge in [-0.05, 0) is 0 Å². The number of aromatic amines is 1. The summed E-state index contributed by atoms with van der Waals surface area (Å²) in [5, 5.41) is 13.8. The molecule has 0 bridgehead atoms. The molecule has 0 fully saturated rings. The second-order valence-electron chi connectivity index (χ2n) is 1.92. The third kappa shape index (κ3) is 2.09. The van der Waals surface area contributed by atoms with Crippen LogP contribution in [0, 0.1) is 11.3 Å². The highest BCUT2D eigenvalue weighted by Gasteiger charge is 2.45. The topological polar surface area (TPSA) is 75.5 Å². The van der Waals surface area contributed by atoms with Gasteiger partial charge in [0.15, 0.2) is 0 Å². The minimum Gasteiger partial charge on any atom is -0.605 e. The Bertz CT molecular complexity index is 344. The quantitative estimate of drug-likeness (QED) is 0.607. The third-order valence-corrected chi connectivity index (χ3v) is 2.67. The molecular formula is C5H2ClF2N3OS. The Morgan fingerprint density at radius 1 is 1.77 bits per heavy atom. The van der Waals surface area contributed by atoms with Gasteiger partial charge in [0.1, 0.15) is 6.07 Å². The molecule has 1 unspecified atom stereocenters. The summed E-state index contributed by atoms with van der Waals surface area (Å²) in [6, 6.07) is 1.50. The zero-order valence-electron chi connectivity index (χ0n) is 5.92. The number of rotatable bonds is 2. The number of aromatic nitrogens is 2. The summed E-state index contributed by atoms with van der Waals surface area (Å²) in [4.78, 5) is -0.400. The number of hydrogen-bond donors (Lipinski definition) is 1. The van der Waals surface area contributed by atoms with Gasteiger partial charge in [-0.3, -0.25) is 5.10 Å². The monoisotopic (exact) mass is 225 g/mol. The largest absolute Gasteiger partial charge is 0.605 e. The molecule has 1 heterocycles. The number of hydrogen-bond acceptors (Lipinski definition) is 3. The van der Waals surface area contributed by atoms with Crippen LogP contribution in [-0.4, -0.2) is 19.5 Å². The zero-order valence-corrected chi connectivity index (χ0v) is 7.49. The molecule has 0 saturated heterocycles. The third-order valence-electron chi connectivity index (χ3n) is 1.12. The number of H-pyrrole nitrogens is 1. The molecule has 1 aromatic heterocycles. The van der Waals surface area contributed by atoms with Gasteiger partial charge in [-0.25, -0.2) is 0 Å². The van der Waals surface area contributed by atoms with E-state index in [4.69, 9.17) is 5.26 Å². The van der Waals surface area contributed by atoms with Crippen molar-refractivity contribution in [1.29, 1.82) is 5.26 Å². The summed E-state index contributed by atoms with van der Waals surface area (Å²) < 4.78 is 31.7. The van der Waals surface area contributed by atoms with Crippen molar-refractivity contribution in [3.8, 4) is 6.07 Å². The molecule has 0 radical (unpaired) electrons. The van der Waals surface area contributed by atoms with Crippen LogP contribution in [0.15, 0.2) is 11.1 Å². The zero-order chi connectivity index (χ0) is 10.1. The highest BCUT2D eigenvalue weighted by Crippen LogP contribution is 2.33. The van der Waals surface area contributed by atoms with Crippen LogP contribution in [-0.2, 0) is 11.2 Å². The summed E-state index contributed by atoms with van der Waals surface area (Å²) in [7, 11) is 0. The molecule has 4 nitrogen and oxygen atoms in total. The van der Waals surface area contributed by atoms with Crippen molar-refractivity contribution >= 4 is 22.8 Å². The van der Waals surface area contributed by atoms with Crippen LogP contribution < -0.4 is 0 Å². The van der Waals surface area contributed by atoms with E-state index < -0.39 is 20.8 Å². The van der Waals surface area contributed by atoms with Gasteiger partial charge in [-0.2, -0.15) is 10.4 Å². The van der Waals surface area contributed by atoms with Gasteiger partial charge in [0.2, 0.25) is 10.6 Å². The molecule has 0 aliphatic carbocycles. The van der Waals surface area contributed by atoms with Crippen molar-refractivity contribution in [2.24, 2.45) is 0 Å². The highest BCUT2D eigenvalue weighted by molar-refractivity contribution is 7.93. The first-order valence-corrected chi connectivity index (χ1v) is 4.42. The second kappa shape index (κ2) is 3.49. The Labute approximate surface area is 79.7 Å². The Morgan fingerprint density at radius 3 is 2.85 bits per heavy atom. The minimum absolute atomic E-state index is 0.348.